The zero-order valence-corrected chi connectivity index (χ0v) is 7.94. The van der Waals surface area contributed by atoms with Crippen molar-refractivity contribution >= 4 is 29.5 Å². The summed E-state index contributed by atoms with van der Waals surface area (Å²) < 4.78 is 1.25. The molecule has 0 fully saturated rings. The Bertz CT molecular complexity index is 341. The van der Waals surface area contributed by atoms with Crippen molar-refractivity contribution in [3.63, 3.8) is 0 Å². The summed E-state index contributed by atoms with van der Waals surface area (Å²) in [6.07, 6.45) is 0.247. The number of carbonyl (C=O) groups excluding carboxylic acids is 1. The van der Waals surface area contributed by atoms with Crippen molar-refractivity contribution in [2.75, 3.05) is 0 Å². The molecule has 0 aliphatic rings. The first-order chi connectivity index (χ1) is 5.65. The maximum absolute atomic E-state index is 10.8. The summed E-state index contributed by atoms with van der Waals surface area (Å²) in [6, 6.07) is 0. The van der Waals surface area contributed by atoms with Gasteiger partial charge in [-0.1, -0.05) is 6.92 Å². The Morgan fingerprint density at radius 1 is 1.92 bits per heavy atom. The van der Waals surface area contributed by atoms with Crippen molar-refractivity contribution in [2.45, 2.75) is 13.3 Å². The van der Waals surface area contributed by atoms with E-state index < -0.39 is 5.97 Å². The molecule has 0 aliphatic carbocycles. The Hall–Kier alpha value is -0.880. The van der Waals surface area contributed by atoms with Crippen LogP contribution in [-0.2, 0) is 4.79 Å². The molecule has 0 atom stereocenters. The van der Waals surface area contributed by atoms with Crippen molar-refractivity contribution in [3.05, 3.63) is 9.33 Å². The Balaban J connectivity index is 2.88. The highest BCUT2D eigenvalue weighted by Crippen LogP contribution is 2.15. The minimum atomic E-state index is -0.431. The second-order valence-corrected chi connectivity index (χ2v) is 3.47. The van der Waals surface area contributed by atoms with E-state index in [1.54, 1.807) is 6.92 Å². The number of aromatic nitrogens is 1. The fourth-order valence-corrected chi connectivity index (χ4v) is 1.35. The van der Waals surface area contributed by atoms with Crippen molar-refractivity contribution in [1.82, 2.24) is 4.73 Å². The number of thiazole rings is 1. The lowest BCUT2D eigenvalue weighted by molar-refractivity contribution is -0.144. The van der Waals surface area contributed by atoms with Crippen molar-refractivity contribution < 1.29 is 14.7 Å². The van der Waals surface area contributed by atoms with E-state index in [1.807, 2.05) is 0 Å². The van der Waals surface area contributed by atoms with Gasteiger partial charge in [0.2, 0.25) is 9.83 Å². The zero-order chi connectivity index (χ0) is 9.14. The topological polar surface area (TPSA) is 51.5 Å². The molecule has 1 aromatic rings. The quantitative estimate of drug-likeness (QED) is 0.740. The maximum Gasteiger partial charge on any atom is 0.332 e. The minimum absolute atomic E-state index is 0.146. The number of hydrogen-bond donors (Lipinski definition) is 1. The molecule has 0 aliphatic heterocycles. The molecular weight excluding hydrogens is 198 g/mol. The van der Waals surface area contributed by atoms with Crippen LogP contribution >= 0.6 is 23.6 Å². The van der Waals surface area contributed by atoms with Crippen LogP contribution in [0.1, 0.15) is 13.3 Å². The van der Waals surface area contributed by atoms with Crippen LogP contribution < -0.4 is 4.84 Å². The van der Waals surface area contributed by atoms with Crippen LogP contribution in [0.2, 0.25) is 0 Å². The Morgan fingerprint density at radius 3 is 3.00 bits per heavy atom. The van der Waals surface area contributed by atoms with E-state index >= 15 is 0 Å². The van der Waals surface area contributed by atoms with Gasteiger partial charge in [0.25, 0.3) is 0 Å². The molecule has 66 valence electrons. The number of carbonyl (C=O) groups is 1. The summed E-state index contributed by atoms with van der Waals surface area (Å²) in [5.74, 6) is -0.577. The molecule has 0 amide bonds. The van der Waals surface area contributed by atoms with Gasteiger partial charge in [-0.15, -0.1) is 16.1 Å². The molecule has 12 heavy (non-hydrogen) atoms. The number of rotatable bonds is 2. The molecule has 1 aromatic heterocycles. The molecule has 0 bridgehead atoms. The highest BCUT2D eigenvalue weighted by atomic mass is 32.1. The van der Waals surface area contributed by atoms with Crippen LogP contribution in [-0.4, -0.2) is 15.8 Å². The second-order valence-electron chi connectivity index (χ2n) is 1.97. The van der Waals surface area contributed by atoms with Gasteiger partial charge in [0.15, 0.2) is 0 Å². The van der Waals surface area contributed by atoms with E-state index in [0.717, 1.165) is 16.1 Å². The van der Waals surface area contributed by atoms with Gasteiger partial charge < -0.3 is 9.94 Å². The Morgan fingerprint density at radius 2 is 2.58 bits per heavy atom. The highest BCUT2D eigenvalue weighted by Gasteiger charge is 2.06. The summed E-state index contributed by atoms with van der Waals surface area (Å²) in [7, 11) is 0. The molecule has 0 spiro atoms. The fourth-order valence-electron chi connectivity index (χ4n) is 0.543. The molecule has 1 heterocycles. The lowest BCUT2D eigenvalue weighted by Gasteiger charge is -2.01. The van der Waals surface area contributed by atoms with E-state index in [1.165, 1.54) is 5.38 Å². The van der Waals surface area contributed by atoms with Gasteiger partial charge in [-0.2, -0.15) is 0 Å². The first-order valence-corrected chi connectivity index (χ1v) is 4.54. The SMILES string of the molecule is CCC(=O)On1c(O)csc1=S. The van der Waals surface area contributed by atoms with Crippen LogP contribution in [0.25, 0.3) is 0 Å². The maximum atomic E-state index is 10.8. The molecule has 0 saturated carbocycles. The van der Waals surface area contributed by atoms with E-state index in [4.69, 9.17) is 22.2 Å². The van der Waals surface area contributed by atoms with Crippen LogP contribution in [0.5, 0.6) is 5.88 Å². The summed E-state index contributed by atoms with van der Waals surface area (Å²) in [6.45, 7) is 1.66. The molecule has 6 heteroatoms. The number of aromatic hydroxyl groups is 1. The van der Waals surface area contributed by atoms with Crippen molar-refractivity contribution in [3.8, 4) is 5.88 Å². The van der Waals surface area contributed by atoms with Gasteiger partial charge in [0.05, 0.1) is 5.38 Å². The van der Waals surface area contributed by atoms with E-state index in [9.17, 15) is 4.79 Å². The first kappa shape index (κ1) is 9.21. The standard InChI is InChI=1S/C6H7NO3S2/c1-2-5(9)10-7-4(8)3-12-6(7)11/h3,8H,2H2,1H3. The Labute approximate surface area is 78.0 Å². The normalized spacial score (nSPS) is 9.75. The van der Waals surface area contributed by atoms with Crippen LogP contribution in [0.15, 0.2) is 5.38 Å². The lowest BCUT2D eigenvalue weighted by Crippen LogP contribution is -2.17. The average Bonchev–Trinajstić information content (AvgIpc) is 2.35. The highest BCUT2D eigenvalue weighted by molar-refractivity contribution is 7.73. The molecule has 4 nitrogen and oxygen atoms in total. The van der Waals surface area contributed by atoms with Crippen LogP contribution in [0.3, 0.4) is 0 Å². The average molecular weight is 205 g/mol. The monoisotopic (exact) mass is 205 g/mol. The lowest BCUT2D eigenvalue weighted by atomic mass is 10.5. The summed E-state index contributed by atoms with van der Waals surface area (Å²) in [5, 5.41) is 10.5. The van der Waals surface area contributed by atoms with Gasteiger partial charge in [-0.3, -0.25) is 0 Å². The number of nitrogens with zero attached hydrogens (tertiary/aromatic N) is 1. The predicted molar refractivity (Wildman–Crippen MR) is 46.7 cm³/mol. The van der Waals surface area contributed by atoms with Crippen LogP contribution in [0.4, 0.5) is 0 Å². The van der Waals surface area contributed by atoms with E-state index in [-0.39, 0.29) is 12.3 Å². The van der Waals surface area contributed by atoms with Crippen LogP contribution in [0, 0.1) is 3.95 Å². The second kappa shape index (κ2) is 3.68. The summed E-state index contributed by atoms with van der Waals surface area (Å²) in [4.78, 5) is 15.5. The molecule has 0 saturated heterocycles. The minimum Gasteiger partial charge on any atom is -0.492 e. The third-order valence-electron chi connectivity index (χ3n) is 1.12. The molecule has 1 rings (SSSR count). The summed E-state index contributed by atoms with van der Waals surface area (Å²) >= 11 is 5.92. The summed E-state index contributed by atoms with van der Waals surface area (Å²) in [5.41, 5.74) is 0. The van der Waals surface area contributed by atoms with E-state index in [0.29, 0.717) is 3.95 Å². The Kier molecular flexibility index (Phi) is 2.83. The van der Waals surface area contributed by atoms with Crippen molar-refractivity contribution in [1.29, 1.82) is 0 Å². The van der Waals surface area contributed by atoms with Gasteiger partial charge in [0.1, 0.15) is 0 Å². The molecular formula is C6H7NO3S2. The number of hydrogen-bond acceptors (Lipinski definition) is 5. The van der Waals surface area contributed by atoms with E-state index in [2.05, 4.69) is 0 Å². The fraction of sp³-hybridized carbons (Fsp3) is 0.333. The zero-order valence-electron chi connectivity index (χ0n) is 6.31. The van der Waals surface area contributed by atoms with Gasteiger partial charge >= 0.3 is 5.97 Å². The molecule has 1 N–H and O–H groups in total. The molecule has 0 aromatic carbocycles. The van der Waals surface area contributed by atoms with Gasteiger partial charge in [0, 0.05) is 6.42 Å². The third kappa shape index (κ3) is 1.83. The van der Waals surface area contributed by atoms with Crippen molar-refractivity contribution in [2.24, 2.45) is 0 Å². The van der Waals surface area contributed by atoms with Gasteiger partial charge in [-0.25, -0.2) is 4.79 Å². The first-order valence-electron chi connectivity index (χ1n) is 3.25. The molecule has 0 unspecified atom stereocenters. The predicted octanol–water partition coefficient (Wildman–Crippen LogP) is 1.35. The molecule has 0 radical (unpaired) electrons. The largest absolute Gasteiger partial charge is 0.492 e. The van der Waals surface area contributed by atoms with Gasteiger partial charge in [-0.05, 0) is 12.2 Å². The third-order valence-corrected chi connectivity index (χ3v) is 2.27. The smallest absolute Gasteiger partial charge is 0.332 e.